The SMILES string of the molecule is CC1CCN(C(C)c2ccc(CN)cc2)CC1. The molecule has 0 spiro atoms. The molecule has 1 aliphatic rings. The van der Waals surface area contributed by atoms with Crippen LogP contribution in [-0.2, 0) is 6.54 Å². The van der Waals surface area contributed by atoms with Gasteiger partial charge in [-0.05, 0) is 49.9 Å². The van der Waals surface area contributed by atoms with Gasteiger partial charge in [0.1, 0.15) is 0 Å². The first-order chi connectivity index (χ1) is 8.20. The van der Waals surface area contributed by atoms with E-state index in [2.05, 4.69) is 43.0 Å². The van der Waals surface area contributed by atoms with Gasteiger partial charge in [-0.3, -0.25) is 4.90 Å². The van der Waals surface area contributed by atoms with Gasteiger partial charge in [0.05, 0.1) is 0 Å². The lowest BCUT2D eigenvalue weighted by molar-refractivity contribution is 0.147. The molecular formula is C15H24N2. The van der Waals surface area contributed by atoms with Gasteiger partial charge in [0, 0.05) is 12.6 Å². The van der Waals surface area contributed by atoms with Gasteiger partial charge >= 0.3 is 0 Å². The second kappa shape index (κ2) is 5.65. The maximum Gasteiger partial charge on any atom is 0.0319 e. The molecule has 0 aromatic heterocycles. The van der Waals surface area contributed by atoms with Gasteiger partial charge in [-0.1, -0.05) is 31.2 Å². The van der Waals surface area contributed by atoms with Crippen molar-refractivity contribution in [3.8, 4) is 0 Å². The topological polar surface area (TPSA) is 29.3 Å². The van der Waals surface area contributed by atoms with Crippen LogP contribution in [0.15, 0.2) is 24.3 Å². The minimum atomic E-state index is 0.536. The molecule has 0 saturated carbocycles. The van der Waals surface area contributed by atoms with Crippen molar-refractivity contribution in [3.05, 3.63) is 35.4 Å². The molecule has 1 aliphatic heterocycles. The average molecular weight is 232 g/mol. The molecule has 1 aromatic rings. The van der Waals surface area contributed by atoms with E-state index < -0.39 is 0 Å². The van der Waals surface area contributed by atoms with Crippen molar-refractivity contribution in [3.63, 3.8) is 0 Å². The van der Waals surface area contributed by atoms with Crippen LogP contribution in [0.5, 0.6) is 0 Å². The standard InChI is InChI=1S/C15H24N2/c1-12-7-9-17(10-8-12)13(2)15-5-3-14(11-16)4-6-15/h3-6,12-13H,7-11,16H2,1-2H3. The number of hydrogen-bond donors (Lipinski definition) is 1. The van der Waals surface area contributed by atoms with Crippen LogP contribution in [0.25, 0.3) is 0 Å². The van der Waals surface area contributed by atoms with Crippen LogP contribution in [0.1, 0.15) is 43.9 Å². The van der Waals surface area contributed by atoms with E-state index in [1.807, 2.05) is 0 Å². The molecule has 1 fully saturated rings. The maximum atomic E-state index is 5.62. The van der Waals surface area contributed by atoms with Crippen LogP contribution in [0.3, 0.4) is 0 Å². The van der Waals surface area contributed by atoms with Gasteiger partial charge in [-0.25, -0.2) is 0 Å². The van der Waals surface area contributed by atoms with Crippen LogP contribution in [0, 0.1) is 5.92 Å². The molecule has 1 heterocycles. The Morgan fingerprint density at radius 3 is 2.35 bits per heavy atom. The Bertz CT molecular complexity index is 336. The number of benzene rings is 1. The quantitative estimate of drug-likeness (QED) is 0.868. The summed E-state index contributed by atoms with van der Waals surface area (Å²) >= 11 is 0. The first kappa shape index (κ1) is 12.6. The summed E-state index contributed by atoms with van der Waals surface area (Å²) in [6, 6.07) is 9.29. The van der Waals surface area contributed by atoms with Gasteiger partial charge in [-0.2, -0.15) is 0 Å². The lowest BCUT2D eigenvalue weighted by atomic mass is 9.96. The number of piperidine rings is 1. The fraction of sp³-hybridized carbons (Fsp3) is 0.600. The highest BCUT2D eigenvalue weighted by Crippen LogP contribution is 2.26. The highest BCUT2D eigenvalue weighted by Gasteiger charge is 2.20. The number of nitrogens with zero attached hydrogens (tertiary/aromatic N) is 1. The zero-order valence-electron chi connectivity index (χ0n) is 11.0. The lowest BCUT2D eigenvalue weighted by Crippen LogP contribution is -2.34. The maximum absolute atomic E-state index is 5.62. The molecule has 1 atom stereocenters. The summed E-state index contributed by atoms with van der Waals surface area (Å²) in [4.78, 5) is 2.59. The summed E-state index contributed by atoms with van der Waals surface area (Å²) in [7, 11) is 0. The summed E-state index contributed by atoms with van der Waals surface area (Å²) < 4.78 is 0. The third-order valence-corrected chi connectivity index (χ3v) is 4.06. The highest BCUT2D eigenvalue weighted by molar-refractivity contribution is 5.24. The third kappa shape index (κ3) is 3.08. The Kier molecular flexibility index (Phi) is 4.19. The largest absolute Gasteiger partial charge is 0.326 e. The Morgan fingerprint density at radius 1 is 1.24 bits per heavy atom. The normalized spacial score (nSPS) is 20.4. The Balaban J connectivity index is 2.00. The van der Waals surface area contributed by atoms with Crippen molar-refractivity contribution in [1.29, 1.82) is 0 Å². The van der Waals surface area contributed by atoms with E-state index in [-0.39, 0.29) is 0 Å². The zero-order chi connectivity index (χ0) is 12.3. The van der Waals surface area contributed by atoms with Crippen molar-refractivity contribution in [2.24, 2.45) is 11.7 Å². The van der Waals surface area contributed by atoms with Crippen molar-refractivity contribution in [1.82, 2.24) is 4.90 Å². The minimum Gasteiger partial charge on any atom is -0.326 e. The summed E-state index contributed by atoms with van der Waals surface area (Å²) in [5.74, 6) is 0.901. The first-order valence-electron chi connectivity index (χ1n) is 6.73. The van der Waals surface area contributed by atoms with Crippen LogP contribution < -0.4 is 5.73 Å². The second-order valence-corrected chi connectivity index (χ2v) is 5.34. The fourth-order valence-electron chi connectivity index (χ4n) is 2.56. The van der Waals surface area contributed by atoms with Crippen molar-refractivity contribution < 1.29 is 0 Å². The Hall–Kier alpha value is -0.860. The van der Waals surface area contributed by atoms with Crippen LogP contribution in [-0.4, -0.2) is 18.0 Å². The number of likely N-dealkylation sites (tertiary alicyclic amines) is 1. The van der Waals surface area contributed by atoms with E-state index >= 15 is 0 Å². The molecule has 0 amide bonds. The molecule has 2 nitrogen and oxygen atoms in total. The Morgan fingerprint density at radius 2 is 1.82 bits per heavy atom. The summed E-state index contributed by atoms with van der Waals surface area (Å²) in [5, 5.41) is 0. The van der Waals surface area contributed by atoms with E-state index in [0.717, 1.165) is 5.92 Å². The molecule has 0 bridgehead atoms. The van der Waals surface area contributed by atoms with Crippen LogP contribution in [0.4, 0.5) is 0 Å². The predicted molar refractivity (Wildman–Crippen MR) is 72.7 cm³/mol. The summed E-state index contributed by atoms with van der Waals surface area (Å²) in [6.07, 6.45) is 2.68. The van der Waals surface area contributed by atoms with Crippen LogP contribution >= 0.6 is 0 Å². The molecule has 94 valence electrons. The predicted octanol–water partition coefficient (Wildman–Crippen LogP) is 2.94. The monoisotopic (exact) mass is 232 g/mol. The smallest absolute Gasteiger partial charge is 0.0319 e. The summed E-state index contributed by atoms with van der Waals surface area (Å²) in [6.45, 7) is 7.78. The number of rotatable bonds is 3. The van der Waals surface area contributed by atoms with Gasteiger partial charge < -0.3 is 5.73 Å². The molecule has 1 saturated heterocycles. The molecule has 1 unspecified atom stereocenters. The van der Waals surface area contributed by atoms with Gasteiger partial charge in [0.15, 0.2) is 0 Å². The van der Waals surface area contributed by atoms with E-state index in [1.54, 1.807) is 0 Å². The number of hydrogen-bond acceptors (Lipinski definition) is 2. The summed E-state index contributed by atoms with van der Waals surface area (Å²) in [5.41, 5.74) is 8.25. The second-order valence-electron chi connectivity index (χ2n) is 5.34. The van der Waals surface area contributed by atoms with Crippen molar-refractivity contribution in [2.45, 2.75) is 39.3 Å². The molecule has 17 heavy (non-hydrogen) atoms. The third-order valence-electron chi connectivity index (χ3n) is 4.06. The average Bonchev–Trinajstić information content (AvgIpc) is 2.39. The van der Waals surface area contributed by atoms with Crippen LogP contribution in [0.2, 0.25) is 0 Å². The number of nitrogens with two attached hydrogens (primary N) is 1. The molecular weight excluding hydrogens is 208 g/mol. The van der Waals surface area contributed by atoms with Crippen molar-refractivity contribution in [2.75, 3.05) is 13.1 Å². The van der Waals surface area contributed by atoms with E-state index in [0.29, 0.717) is 12.6 Å². The zero-order valence-corrected chi connectivity index (χ0v) is 11.0. The van der Waals surface area contributed by atoms with Gasteiger partial charge in [-0.15, -0.1) is 0 Å². The van der Waals surface area contributed by atoms with E-state index in [4.69, 9.17) is 5.73 Å². The molecule has 1 aromatic carbocycles. The first-order valence-corrected chi connectivity index (χ1v) is 6.73. The van der Waals surface area contributed by atoms with E-state index in [9.17, 15) is 0 Å². The lowest BCUT2D eigenvalue weighted by Gasteiger charge is -2.35. The minimum absolute atomic E-state index is 0.536. The van der Waals surface area contributed by atoms with Gasteiger partial charge in [0.2, 0.25) is 0 Å². The van der Waals surface area contributed by atoms with E-state index in [1.165, 1.54) is 37.1 Å². The highest BCUT2D eigenvalue weighted by atomic mass is 15.2. The fourth-order valence-corrected chi connectivity index (χ4v) is 2.56. The molecule has 0 radical (unpaired) electrons. The Labute approximate surface area is 105 Å². The molecule has 0 aliphatic carbocycles. The molecule has 2 heteroatoms. The molecule has 2 rings (SSSR count). The van der Waals surface area contributed by atoms with Gasteiger partial charge in [0.25, 0.3) is 0 Å². The molecule has 2 N–H and O–H groups in total. The van der Waals surface area contributed by atoms with Crippen molar-refractivity contribution >= 4 is 0 Å².